The molecule has 1 aromatic carbocycles. The molecule has 100 valence electrons. The lowest BCUT2D eigenvalue weighted by Crippen LogP contribution is -2.33. The number of ether oxygens (including phenoxy) is 3. The third-order valence-electron chi connectivity index (χ3n) is 2.37. The Hall–Kier alpha value is -1.95. The second-order valence-corrected chi connectivity index (χ2v) is 3.56. The van der Waals surface area contributed by atoms with Gasteiger partial charge in [-0.15, -0.1) is 0 Å². The number of aliphatic carboxylic acids is 1. The number of hydrogen-bond donors (Lipinski definition) is 2. The van der Waals surface area contributed by atoms with Crippen molar-refractivity contribution >= 4 is 11.7 Å². The van der Waals surface area contributed by atoms with Crippen LogP contribution in [0.1, 0.15) is 0 Å². The summed E-state index contributed by atoms with van der Waals surface area (Å²) in [6, 6.07) is 4.25. The molecule has 0 saturated carbocycles. The molecule has 0 saturated heterocycles. The van der Waals surface area contributed by atoms with Gasteiger partial charge in [0.15, 0.2) is 0 Å². The Balaban J connectivity index is 2.95. The van der Waals surface area contributed by atoms with Crippen molar-refractivity contribution in [3.05, 3.63) is 18.2 Å². The van der Waals surface area contributed by atoms with E-state index in [0.29, 0.717) is 17.2 Å². The van der Waals surface area contributed by atoms with E-state index in [9.17, 15) is 4.79 Å². The van der Waals surface area contributed by atoms with Crippen molar-refractivity contribution in [3.63, 3.8) is 0 Å². The molecule has 0 spiro atoms. The van der Waals surface area contributed by atoms with Crippen LogP contribution in [0.15, 0.2) is 18.2 Å². The summed E-state index contributed by atoms with van der Waals surface area (Å²) in [4.78, 5) is 11.0. The van der Waals surface area contributed by atoms with Gasteiger partial charge in [0.25, 0.3) is 0 Å². The highest BCUT2D eigenvalue weighted by Crippen LogP contribution is 2.29. The minimum absolute atomic E-state index is 0.0513. The quantitative estimate of drug-likeness (QED) is 0.762. The number of carboxylic acid groups (broad SMARTS) is 1. The van der Waals surface area contributed by atoms with Crippen LogP contribution < -0.4 is 14.8 Å². The highest BCUT2D eigenvalue weighted by atomic mass is 16.5. The zero-order chi connectivity index (χ0) is 13.5. The molecule has 0 radical (unpaired) electrons. The second-order valence-electron chi connectivity index (χ2n) is 3.56. The summed E-state index contributed by atoms with van der Waals surface area (Å²) in [5.74, 6) is 0.153. The molecule has 6 nitrogen and oxygen atoms in total. The van der Waals surface area contributed by atoms with Crippen molar-refractivity contribution in [3.8, 4) is 11.5 Å². The number of nitrogens with one attached hydrogen (secondary N) is 1. The summed E-state index contributed by atoms with van der Waals surface area (Å²) in [7, 11) is 4.49. The zero-order valence-electron chi connectivity index (χ0n) is 10.6. The lowest BCUT2D eigenvalue weighted by Gasteiger charge is -2.17. The number of rotatable bonds is 7. The van der Waals surface area contributed by atoms with E-state index in [1.54, 1.807) is 18.2 Å². The fourth-order valence-corrected chi connectivity index (χ4v) is 1.46. The molecule has 6 heteroatoms. The first kappa shape index (κ1) is 14.1. The van der Waals surface area contributed by atoms with Gasteiger partial charge in [-0.3, -0.25) is 0 Å². The van der Waals surface area contributed by atoms with Crippen molar-refractivity contribution in [1.82, 2.24) is 0 Å². The fourth-order valence-electron chi connectivity index (χ4n) is 1.46. The minimum Gasteiger partial charge on any atom is -0.497 e. The van der Waals surface area contributed by atoms with E-state index < -0.39 is 12.0 Å². The number of benzene rings is 1. The largest absolute Gasteiger partial charge is 0.497 e. The standard InChI is InChI=1S/C12H17NO5/c1-16-7-10(12(14)15)13-9-6-8(17-2)4-5-11(9)18-3/h4-6,10,13H,7H2,1-3H3,(H,14,15). The van der Waals surface area contributed by atoms with Crippen molar-refractivity contribution in [1.29, 1.82) is 0 Å². The highest BCUT2D eigenvalue weighted by molar-refractivity contribution is 5.78. The van der Waals surface area contributed by atoms with E-state index in [0.717, 1.165) is 0 Å². The molecule has 0 fully saturated rings. The van der Waals surface area contributed by atoms with Crippen molar-refractivity contribution in [2.75, 3.05) is 33.3 Å². The molecule has 1 atom stereocenters. The second kappa shape index (κ2) is 6.70. The van der Waals surface area contributed by atoms with Crippen LogP contribution in [0.3, 0.4) is 0 Å². The first-order valence-electron chi connectivity index (χ1n) is 5.32. The number of carboxylic acids is 1. The lowest BCUT2D eigenvalue weighted by atomic mass is 10.2. The van der Waals surface area contributed by atoms with Gasteiger partial charge in [0.2, 0.25) is 0 Å². The van der Waals surface area contributed by atoms with Crippen molar-refractivity contribution in [2.45, 2.75) is 6.04 Å². The fraction of sp³-hybridized carbons (Fsp3) is 0.417. The van der Waals surface area contributed by atoms with E-state index in [4.69, 9.17) is 19.3 Å². The van der Waals surface area contributed by atoms with Crippen LogP contribution in [0.25, 0.3) is 0 Å². The Morgan fingerprint density at radius 2 is 2.06 bits per heavy atom. The average Bonchev–Trinajstić information content (AvgIpc) is 2.37. The predicted octanol–water partition coefficient (Wildman–Crippen LogP) is 1.22. The smallest absolute Gasteiger partial charge is 0.328 e. The van der Waals surface area contributed by atoms with Gasteiger partial charge < -0.3 is 24.6 Å². The first-order valence-corrected chi connectivity index (χ1v) is 5.32. The maximum Gasteiger partial charge on any atom is 0.328 e. The molecule has 0 aliphatic rings. The summed E-state index contributed by atoms with van der Waals surface area (Å²) in [5, 5.41) is 11.9. The maximum absolute atomic E-state index is 11.0. The topological polar surface area (TPSA) is 77.0 Å². The molecule has 1 aromatic rings. The van der Waals surface area contributed by atoms with Gasteiger partial charge in [0, 0.05) is 13.2 Å². The molecule has 1 unspecified atom stereocenters. The van der Waals surface area contributed by atoms with E-state index in [1.165, 1.54) is 21.3 Å². The van der Waals surface area contributed by atoms with Crippen molar-refractivity contribution < 1.29 is 24.1 Å². The number of hydrogen-bond acceptors (Lipinski definition) is 5. The van der Waals surface area contributed by atoms with Crippen LogP contribution in [0.2, 0.25) is 0 Å². The molecule has 1 rings (SSSR count). The third kappa shape index (κ3) is 3.53. The zero-order valence-corrected chi connectivity index (χ0v) is 10.6. The molecule has 2 N–H and O–H groups in total. The summed E-state index contributed by atoms with van der Waals surface area (Å²) >= 11 is 0. The Morgan fingerprint density at radius 1 is 1.33 bits per heavy atom. The molecular weight excluding hydrogens is 238 g/mol. The summed E-state index contributed by atoms with van der Waals surface area (Å²) in [6.45, 7) is 0.0513. The van der Waals surface area contributed by atoms with E-state index >= 15 is 0 Å². The number of methoxy groups -OCH3 is 3. The van der Waals surface area contributed by atoms with Gasteiger partial charge >= 0.3 is 5.97 Å². The SMILES string of the molecule is COCC(Nc1cc(OC)ccc1OC)C(=O)O. The van der Waals surface area contributed by atoms with Gasteiger partial charge in [0.05, 0.1) is 26.5 Å². The monoisotopic (exact) mass is 255 g/mol. The Morgan fingerprint density at radius 3 is 2.56 bits per heavy atom. The predicted molar refractivity (Wildman–Crippen MR) is 66.5 cm³/mol. The Bertz CT molecular complexity index is 407. The normalized spacial score (nSPS) is 11.7. The minimum atomic E-state index is -0.998. The van der Waals surface area contributed by atoms with Crippen LogP contribution in [-0.4, -0.2) is 45.1 Å². The number of anilines is 1. The van der Waals surface area contributed by atoms with Crippen molar-refractivity contribution in [2.24, 2.45) is 0 Å². The Kier molecular flexibility index (Phi) is 5.26. The molecule has 0 aromatic heterocycles. The van der Waals surface area contributed by atoms with Gasteiger partial charge in [-0.2, -0.15) is 0 Å². The van der Waals surface area contributed by atoms with Gasteiger partial charge in [-0.05, 0) is 12.1 Å². The van der Waals surface area contributed by atoms with E-state index in [2.05, 4.69) is 5.32 Å². The maximum atomic E-state index is 11.0. The van der Waals surface area contributed by atoms with Crippen LogP contribution in [0.5, 0.6) is 11.5 Å². The molecule has 0 aliphatic heterocycles. The first-order chi connectivity index (χ1) is 8.62. The molecule has 0 amide bonds. The van der Waals surface area contributed by atoms with Gasteiger partial charge in [-0.25, -0.2) is 4.79 Å². The Labute approximate surface area is 105 Å². The summed E-state index contributed by atoms with van der Waals surface area (Å²) < 4.78 is 15.1. The molecule has 18 heavy (non-hydrogen) atoms. The highest BCUT2D eigenvalue weighted by Gasteiger charge is 2.18. The van der Waals surface area contributed by atoms with Gasteiger partial charge in [0.1, 0.15) is 17.5 Å². The molecule has 0 bridgehead atoms. The summed E-state index contributed by atoms with van der Waals surface area (Å²) in [6.07, 6.45) is 0. The van der Waals surface area contributed by atoms with E-state index in [1.807, 2.05) is 0 Å². The third-order valence-corrected chi connectivity index (χ3v) is 2.37. The lowest BCUT2D eigenvalue weighted by molar-refractivity contribution is -0.139. The summed E-state index contributed by atoms with van der Waals surface area (Å²) in [5.41, 5.74) is 0.543. The van der Waals surface area contributed by atoms with Crippen LogP contribution >= 0.6 is 0 Å². The van der Waals surface area contributed by atoms with Crippen LogP contribution in [0.4, 0.5) is 5.69 Å². The number of carbonyl (C=O) groups is 1. The molecular formula is C12H17NO5. The molecule has 0 heterocycles. The van der Waals surface area contributed by atoms with Crippen LogP contribution in [0, 0.1) is 0 Å². The molecule has 0 aliphatic carbocycles. The van der Waals surface area contributed by atoms with Gasteiger partial charge in [-0.1, -0.05) is 0 Å². The van der Waals surface area contributed by atoms with Crippen LogP contribution in [-0.2, 0) is 9.53 Å². The van der Waals surface area contributed by atoms with E-state index in [-0.39, 0.29) is 6.61 Å². The average molecular weight is 255 g/mol.